The van der Waals surface area contributed by atoms with Gasteiger partial charge in [-0.05, 0) is 71.6 Å². The number of fused-ring (bicyclic) bond motifs is 1. The zero-order valence-electron chi connectivity index (χ0n) is 22.8. The maximum Gasteiger partial charge on any atom is 0.247 e. The van der Waals surface area contributed by atoms with Crippen LogP contribution in [0, 0.1) is 23.6 Å². The van der Waals surface area contributed by atoms with E-state index in [1.165, 1.54) is 17.2 Å². The smallest absolute Gasteiger partial charge is 0.247 e. The third-order valence-corrected chi connectivity index (χ3v) is 9.48. The lowest BCUT2D eigenvalue weighted by Gasteiger charge is -2.39. The van der Waals surface area contributed by atoms with Crippen molar-refractivity contribution in [3.8, 4) is 0 Å². The number of amides is 1. The van der Waals surface area contributed by atoms with Crippen LogP contribution >= 0.6 is 0 Å². The van der Waals surface area contributed by atoms with Gasteiger partial charge >= 0.3 is 0 Å². The van der Waals surface area contributed by atoms with E-state index in [0.717, 1.165) is 38.2 Å². The van der Waals surface area contributed by atoms with Gasteiger partial charge in [0.1, 0.15) is 17.8 Å². The molecule has 2 aliphatic carbocycles. The van der Waals surface area contributed by atoms with Crippen LogP contribution in [-0.4, -0.2) is 56.4 Å². The highest BCUT2D eigenvalue weighted by Gasteiger charge is 2.61. The van der Waals surface area contributed by atoms with E-state index in [9.17, 15) is 4.79 Å². The van der Waals surface area contributed by atoms with E-state index in [4.69, 9.17) is 10.5 Å². The maximum absolute atomic E-state index is 16.3. The average Bonchev–Trinajstić information content (AvgIpc) is 3.39. The predicted molar refractivity (Wildman–Crippen MR) is 149 cm³/mol. The number of likely N-dealkylation sites (tertiary alicyclic amines) is 1. The molecular weight excluding hydrogens is 515 g/mol. The van der Waals surface area contributed by atoms with Crippen molar-refractivity contribution in [1.29, 1.82) is 0 Å². The summed E-state index contributed by atoms with van der Waals surface area (Å²) in [5.74, 6) is -1.46. The molecule has 3 fully saturated rings. The molecule has 212 valence electrons. The van der Waals surface area contributed by atoms with Crippen LogP contribution in [-0.2, 0) is 27.9 Å². The molecule has 2 heterocycles. The molecule has 1 saturated carbocycles. The predicted octanol–water partition coefficient (Wildman–Crippen LogP) is 4.85. The topological polar surface area (TPSA) is 58.8 Å². The number of ether oxygens (including phenoxy) is 1. The number of nitrogens with two attached hydrogens (primary N) is 1. The van der Waals surface area contributed by atoms with E-state index in [1.54, 1.807) is 12.1 Å². The first-order chi connectivity index (χ1) is 19.3. The molecule has 1 amide bonds. The zero-order chi connectivity index (χ0) is 28.0. The van der Waals surface area contributed by atoms with Crippen LogP contribution < -0.4 is 10.6 Å². The third kappa shape index (κ3) is 4.75. The summed E-state index contributed by atoms with van der Waals surface area (Å²) in [5, 5.41) is 0. The molecule has 4 aliphatic rings. The van der Waals surface area contributed by atoms with E-state index in [0.29, 0.717) is 43.8 Å². The largest absolute Gasteiger partial charge is 0.378 e. The number of hydrogen-bond acceptors (Lipinski definition) is 4. The summed E-state index contributed by atoms with van der Waals surface area (Å²) in [7, 11) is 0. The van der Waals surface area contributed by atoms with Crippen LogP contribution in [0.4, 0.5) is 18.9 Å². The van der Waals surface area contributed by atoms with Gasteiger partial charge in [0, 0.05) is 32.7 Å². The first-order valence-electron chi connectivity index (χ1n) is 14.3. The summed E-state index contributed by atoms with van der Waals surface area (Å²) in [6.45, 7) is 6.76. The van der Waals surface area contributed by atoms with Crippen molar-refractivity contribution in [1.82, 2.24) is 4.90 Å². The van der Waals surface area contributed by atoms with Crippen molar-refractivity contribution in [2.45, 2.75) is 37.9 Å². The van der Waals surface area contributed by atoms with E-state index in [-0.39, 0.29) is 23.5 Å². The Bertz CT molecular complexity index is 1330. The Balaban J connectivity index is 1.24. The van der Waals surface area contributed by atoms with Crippen molar-refractivity contribution in [3.63, 3.8) is 0 Å². The quantitative estimate of drug-likeness (QED) is 0.510. The zero-order valence-corrected chi connectivity index (χ0v) is 22.8. The van der Waals surface area contributed by atoms with Gasteiger partial charge in [-0.2, -0.15) is 0 Å². The van der Waals surface area contributed by atoms with Crippen molar-refractivity contribution >= 4 is 11.6 Å². The van der Waals surface area contributed by atoms with E-state index < -0.39 is 29.1 Å². The molecule has 2 aromatic rings. The number of allylic oxidation sites excluding steroid dienone is 3. The highest BCUT2D eigenvalue weighted by molar-refractivity contribution is 5.94. The van der Waals surface area contributed by atoms with Gasteiger partial charge in [0.25, 0.3) is 0 Å². The van der Waals surface area contributed by atoms with E-state index in [1.807, 2.05) is 4.90 Å². The van der Waals surface area contributed by atoms with E-state index in [2.05, 4.69) is 36.1 Å². The van der Waals surface area contributed by atoms with Gasteiger partial charge in [-0.3, -0.25) is 9.69 Å². The van der Waals surface area contributed by atoms with Gasteiger partial charge in [0.15, 0.2) is 0 Å². The van der Waals surface area contributed by atoms with Crippen LogP contribution in [0.3, 0.4) is 0 Å². The van der Waals surface area contributed by atoms with Gasteiger partial charge in [-0.15, -0.1) is 0 Å². The van der Waals surface area contributed by atoms with Crippen LogP contribution in [0.5, 0.6) is 0 Å². The number of carbonyl (C=O) groups is 1. The molecule has 4 unspecified atom stereocenters. The lowest BCUT2D eigenvalue weighted by molar-refractivity contribution is -0.115. The monoisotopic (exact) mass is 551 g/mol. The molecule has 0 spiro atoms. The number of nitrogens with zero attached hydrogens (tertiary/aromatic N) is 2. The molecular formula is C32H36F3N3O2. The first-order valence-corrected chi connectivity index (χ1v) is 14.3. The molecule has 0 aromatic heterocycles. The summed E-state index contributed by atoms with van der Waals surface area (Å²) in [5.41, 5.74) is 6.58. The molecule has 0 radical (unpaired) electrons. The summed E-state index contributed by atoms with van der Waals surface area (Å²) in [6.07, 6.45) is 1.42. The van der Waals surface area contributed by atoms with Crippen molar-refractivity contribution in [3.05, 3.63) is 88.5 Å². The summed E-state index contributed by atoms with van der Waals surface area (Å²) >= 11 is 0. The number of rotatable bonds is 8. The standard InChI is InChI=1S/C32H36F3N3O2/c1-2-20-3-5-21(6-4-20)17-37-18-25-24(26(25)19-37)16-32(29(34)10-8-23(30(32)35)31(36)39)22-7-9-28(27(33)15-22)38-11-13-40-14-12-38/h3-10,15,24-26,30H,2,11-14,16-19H2,1H3,(H2,36,39). The third-order valence-electron chi connectivity index (χ3n) is 9.48. The van der Waals surface area contributed by atoms with Gasteiger partial charge in [-0.1, -0.05) is 37.3 Å². The SMILES string of the molecule is CCc1ccc(CN2CC3C(C2)C3CC2(c3ccc(N4CCOCC4)c(F)c3)C(F)=CC=C(C(N)=O)C2F)cc1. The number of piperidine rings is 1. The van der Waals surface area contributed by atoms with E-state index >= 15 is 13.2 Å². The van der Waals surface area contributed by atoms with Gasteiger partial charge < -0.3 is 15.4 Å². The van der Waals surface area contributed by atoms with Crippen molar-refractivity contribution in [2.75, 3.05) is 44.3 Å². The lowest BCUT2D eigenvalue weighted by atomic mass is 9.66. The number of aryl methyl sites for hydroxylation is 1. The highest BCUT2D eigenvalue weighted by atomic mass is 19.1. The Morgan fingerprint density at radius 1 is 1.02 bits per heavy atom. The van der Waals surface area contributed by atoms with Crippen LogP contribution in [0.1, 0.15) is 30.0 Å². The minimum atomic E-state index is -2.00. The summed E-state index contributed by atoms with van der Waals surface area (Å²) < 4.78 is 53.1. The fourth-order valence-electron chi connectivity index (χ4n) is 7.12. The van der Waals surface area contributed by atoms with Gasteiger partial charge in [-0.25, -0.2) is 13.2 Å². The fraction of sp³-hybridized carbons (Fsp3) is 0.469. The summed E-state index contributed by atoms with van der Waals surface area (Å²) in [4.78, 5) is 16.4. The Morgan fingerprint density at radius 2 is 1.70 bits per heavy atom. The summed E-state index contributed by atoms with van der Waals surface area (Å²) in [6, 6.07) is 13.1. The minimum Gasteiger partial charge on any atom is -0.378 e. The second kappa shape index (κ2) is 10.7. The van der Waals surface area contributed by atoms with Gasteiger partial charge in [0.05, 0.1) is 29.9 Å². The number of alkyl halides is 1. The molecule has 6 rings (SSSR count). The number of hydrogen-bond donors (Lipinski definition) is 1. The van der Waals surface area contributed by atoms with Gasteiger partial charge in [0.2, 0.25) is 5.91 Å². The Labute approximate surface area is 233 Å². The molecule has 2 saturated heterocycles. The molecule has 8 heteroatoms. The fourth-order valence-corrected chi connectivity index (χ4v) is 7.12. The second-order valence-corrected chi connectivity index (χ2v) is 11.7. The van der Waals surface area contributed by atoms with Crippen LogP contribution in [0.15, 0.2) is 66.0 Å². The molecule has 40 heavy (non-hydrogen) atoms. The number of carbonyl (C=O) groups excluding carboxylic acids is 1. The highest BCUT2D eigenvalue weighted by Crippen LogP contribution is 2.60. The number of halogens is 3. The van der Waals surface area contributed by atoms with Crippen molar-refractivity contribution < 1.29 is 22.7 Å². The number of primary amides is 1. The first kappa shape index (κ1) is 27.1. The Morgan fingerprint density at radius 3 is 2.33 bits per heavy atom. The minimum absolute atomic E-state index is 0.0744. The molecule has 4 atom stereocenters. The second-order valence-electron chi connectivity index (χ2n) is 11.7. The number of morpholine rings is 1. The lowest BCUT2D eigenvalue weighted by Crippen LogP contribution is -2.45. The maximum atomic E-state index is 16.3. The van der Waals surface area contributed by atoms with Crippen LogP contribution in [0.2, 0.25) is 0 Å². The normalized spacial score (nSPS) is 30.1. The molecule has 2 N–H and O–H groups in total. The Kier molecular flexibility index (Phi) is 7.25. The Hall–Kier alpha value is -3.10. The van der Waals surface area contributed by atoms with Crippen molar-refractivity contribution in [2.24, 2.45) is 23.5 Å². The molecule has 5 nitrogen and oxygen atoms in total. The van der Waals surface area contributed by atoms with Crippen LogP contribution in [0.25, 0.3) is 0 Å². The average molecular weight is 552 g/mol. The number of benzene rings is 2. The molecule has 2 aliphatic heterocycles. The molecule has 2 aromatic carbocycles. The molecule has 0 bridgehead atoms. The number of anilines is 1.